The van der Waals surface area contributed by atoms with E-state index in [0.717, 1.165) is 6.07 Å². The van der Waals surface area contributed by atoms with Gasteiger partial charge in [0, 0.05) is 25.9 Å². The zero-order valence-corrected chi connectivity index (χ0v) is 20.9. The quantitative estimate of drug-likeness (QED) is 0.374. The number of aromatic nitrogens is 2. The lowest BCUT2D eigenvalue weighted by atomic mass is 9.99. The van der Waals surface area contributed by atoms with E-state index in [2.05, 4.69) is 10.3 Å². The van der Waals surface area contributed by atoms with E-state index in [-0.39, 0.29) is 40.9 Å². The molecule has 4 aromatic rings. The van der Waals surface area contributed by atoms with Crippen LogP contribution in [0.4, 0.5) is 4.39 Å². The minimum atomic E-state index is -0.946. The fourth-order valence-electron chi connectivity index (χ4n) is 3.99. The Kier molecular flexibility index (Phi) is 7.61. The van der Waals surface area contributed by atoms with Crippen LogP contribution in [0.5, 0.6) is 5.75 Å². The van der Waals surface area contributed by atoms with Crippen molar-refractivity contribution in [3.63, 3.8) is 0 Å². The average Bonchev–Trinajstić information content (AvgIpc) is 2.92. The van der Waals surface area contributed by atoms with Gasteiger partial charge in [-0.2, -0.15) is 0 Å². The summed E-state index contributed by atoms with van der Waals surface area (Å²) in [5.41, 5.74) is 0.686. The lowest BCUT2D eigenvalue weighted by Gasteiger charge is -2.15. The number of hydrogen-bond acceptors (Lipinski definition) is 7. The number of aryl methyl sites for hydroxylation is 1. The highest BCUT2D eigenvalue weighted by molar-refractivity contribution is 6.01. The van der Waals surface area contributed by atoms with Crippen molar-refractivity contribution < 1.29 is 28.2 Å². The predicted molar refractivity (Wildman–Crippen MR) is 137 cm³/mol. The van der Waals surface area contributed by atoms with Gasteiger partial charge in [0.1, 0.15) is 11.3 Å². The van der Waals surface area contributed by atoms with Crippen molar-refractivity contribution in [1.82, 2.24) is 14.9 Å². The van der Waals surface area contributed by atoms with Crippen molar-refractivity contribution in [2.45, 2.75) is 13.3 Å². The lowest BCUT2D eigenvalue weighted by molar-refractivity contribution is 0.0518. The standard InChI is InChI=1S/C28H24FN3O6/c1-4-37-28(36)22-24(38-27(35)17-8-6-5-7-9-17)23-21(32(3)26(22)34)13-16(15-31-23)12-18-10-11-19(29)14-20(18)25(33)30-2/h5-11,13-15H,4,12H2,1-3H3,(H,30,33). The van der Waals surface area contributed by atoms with Gasteiger partial charge in [-0.3, -0.25) is 14.6 Å². The van der Waals surface area contributed by atoms with E-state index in [1.54, 1.807) is 31.2 Å². The molecule has 0 spiro atoms. The van der Waals surface area contributed by atoms with Crippen LogP contribution >= 0.6 is 0 Å². The Hall–Kier alpha value is -4.86. The second-order valence-corrected chi connectivity index (χ2v) is 8.31. The maximum atomic E-state index is 13.8. The number of carbonyl (C=O) groups excluding carboxylic acids is 3. The molecular formula is C28H24FN3O6. The summed E-state index contributed by atoms with van der Waals surface area (Å²) < 4.78 is 25.7. The number of pyridine rings is 2. The summed E-state index contributed by atoms with van der Waals surface area (Å²) in [6.07, 6.45) is 1.66. The number of carbonyl (C=O) groups is 3. The van der Waals surface area contributed by atoms with Crippen LogP contribution in [-0.4, -0.2) is 41.1 Å². The number of ether oxygens (including phenoxy) is 2. The molecule has 1 amide bonds. The van der Waals surface area contributed by atoms with Gasteiger partial charge < -0.3 is 19.4 Å². The minimum Gasteiger partial charge on any atom is -0.462 e. The molecule has 194 valence electrons. The van der Waals surface area contributed by atoms with Gasteiger partial charge in [0.25, 0.3) is 11.5 Å². The molecule has 1 N–H and O–H groups in total. The van der Waals surface area contributed by atoms with Crippen LogP contribution in [0.3, 0.4) is 0 Å². The minimum absolute atomic E-state index is 0.00377. The van der Waals surface area contributed by atoms with E-state index in [1.807, 2.05) is 0 Å². The van der Waals surface area contributed by atoms with Crippen molar-refractivity contribution in [3.8, 4) is 5.75 Å². The number of benzene rings is 2. The first-order valence-corrected chi connectivity index (χ1v) is 11.7. The molecule has 9 nitrogen and oxygen atoms in total. The zero-order valence-electron chi connectivity index (χ0n) is 20.9. The highest BCUT2D eigenvalue weighted by Crippen LogP contribution is 2.29. The molecule has 0 saturated heterocycles. The molecule has 10 heteroatoms. The average molecular weight is 518 g/mol. The van der Waals surface area contributed by atoms with Gasteiger partial charge in [0.15, 0.2) is 11.3 Å². The molecule has 0 aliphatic carbocycles. The third kappa shape index (κ3) is 5.15. The van der Waals surface area contributed by atoms with Gasteiger partial charge >= 0.3 is 11.9 Å². The smallest absolute Gasteiger partial charge is 0.347 e. The molecule has 0 unspecified atom stereocenters. The van der Waals surface area contributed by atoms with Gasteiger partial charge in [-0.1, -0.05) is 24.3 Å². The number of hydrogen-bond donors (Lipinski definition) is 1. The van der Waals surface area contributed by atoms with Crippen LogP contribution in [0.1, 0.15) is 49.1 Å². The molecule has 0 saturated carbocycles. The Balaban J connectivity index is 1.86. The molecule has 2 aromatic carbocycles. The van der Waals surface area contributed by atoms with E-state index >= 15 is 0 Å². The second kappa shape index (κ2) is 11.0. The maximum Gasteiger partial charge on any atom is 0.347 e. The summed E-state index contributed by atoms with van der Waals surface area (Å²) in [6, 6.07) is 13.6. The van der Waals surface area contributed by atoms with E-state index < -0.39 is 34.8 Å². The first kappa shape index (κ1) is 26.2. The summed E-state index contributed by atoms with van der Waals surface area (Å²) >= 11 is 0. The maximum absolute atomic E-state index is 13.8. The lowest BCUT2D eigenvalue weighted by Crippen LogP contribution is -2.28. The third-order valence-corrected chi connectivity index (χ3v) is 5.87. The number of amides is 1. The van der Waals surface area contributed by atoms with Gasteiger partial charge in [-0.25, -0.2) is 14.0 Å². The Morgan fingerprint density at radius 2 is 1.79 bits per heavy atom. The Bertz CT molecular complexity index is 1610. The molecule has 2 heterocycles. The molecule has 38 heavy (non-hydrogen) atoms. The van der Waals surface area contributed by atoms with Crippen LogP contribution < -0.4 is 15.6 Å². The predicted octanol–water partition coefficient (Wildman–Crippen LogP) is 3.42. The number of nitrogens with zero attached hydrogens (tertiary/aromatic N) is 2. The fraction of sp³-hybridized carbons (Fsp3) is 0.179. The number of fused-ring (bicyclic) bond motifs is 1. The molecule has 4 rings (SSSR count). The summed E-state index contributed by atoms with van der Waals surface area (Å²) in [5, 5.41) is 2.49. The summed E-state index contributed by atoms with van der Waals surface area (Å²) in [5.74, 6) is -3.04. The first-order chi connectivity index (χ1) is 18.2. The number of halogens is 1. The van der Waals surface area contributed by atoms with Crippen molar-refractivity contribution in [2.24, 2.45) is 7.05 Å². The summed E-state index contributed by atoms with van der Waals surface area (Å²) in [4.78, 5) is 55.6. The van der Waals surface area contributed by atoms with Crippen molar-refractivity contribution >= 4 is 28.9 Å². The molecule has 0 aliphatic heterocycles. The second-order valence-electron chi connectivity index (χ2n) is 8.31. The number of esters is 2. The Morgan fingerprint density at radius 1 is 1.05 bits per heavy atom. The SMILES string of the molecule is CCOC(=O)c1c(OC(=O)c2ccccc2)c2ncc(Cc3ccc(F)cc3C(=O)NC)cc2n(C)c1=O. The van der Waals surface area contributed by atoms with Crippen LogP contribution in [0.15, 0.2) is 65.6 Å². The normalized spacial score (nSPS) is 10.7. The number of nitrogens with one attached hydrogen (secondary N) is 1. The largest absolute Gasteiger partial charge is 0.462 e. The highest BCUT2D eigenvalue weighted by atomic mass is 19.1. The molecule has 0 atom stereocenters. The molecular weight excluding hydrogens is 493 g/mol. The van der Waals surface area contributed by atoms with Crippen LogP contribution in [0, 0.1) is 5.82 Å². The first-order valence-electron chi connectivity index (χ1n) is 11.7. The molecule has 0 radical (unpaired) electrons. The summed E-state index contributed by atoms with van der Waals surface area (Å²) in [6.45, 7) is 1.59. The van der Waals surface area contributed by atoms with E-state index in [0.29, 0.717) is 11.1 Å². The van der Waals surface area contributed by atoms with E-state index in [4.69, 9.17) is 9.47 Å². The van der Waals surface area contributed by atoms with Gasteiger partial charge in [0.05, 0.1) is 17.7 Å². The monoisotopic (exact) mass is 517 g/mol. The molecule has 0 fully saturated rings. The Labute approximate surface area is 216 Å². The van der Waals surface area contributed by atoms with Crippen LogP contribution in [-0.2, 0) is 18.2 Å². The van der Waals surface area contributed by atoms with Crippen LogP contribution in [0.25, 0.3) is 11.0 Å². The molecule has 2 aromatic heterocycles. The Morgan fingerprint density at radius 3 is 2.47 bits per heavy atom. The molecule has 0 bridgehead atoms. The summed E-state index contributed by atoms with van der Waals surface area (Å²) in [7, 11) is 2.90. The topological polar surface area (TPSA) is 117 Å². The van der Waals surface area contributed by atoms with Crippen molar-refractivity contribution in [3.05, 3.63) is 105 Å². The van der Waals surface area contributed by atoms with Gasteiger partial charge in [0.2, 0.25) is 0 Å². The van der Waals surface area contributed by atoms with Gasteiger partial charge in [-0.15, -0.1) is 0 Å². The van der Waals surface area contributed by atoms with Gasteiger partial charge in [-0.05, 0) is 54.8 Å². The van der Waals surface area contributed by atoms with E-state index in [1.165, 1.54) is 49.1 Å². The fourth-order valence-corrected chi connectivity index (χ4v) is 3.99. The molecule has 0 aliphatic rings. The van der Waals surface area contributed by atoms with Crippen LogP contribution in [0.2, 0.25) is 0 Å². The van der Waals surface area contributed by atoms with Crippen molar-refractivity contribution in [1.29, 1.82) is 0 Å². The highest BCUT2D eigenvalue weighted by Gasteiger charge is 2.27. The van der Waals surface area contributed by atoms with E-state index in [9.17, 15) is 23.6 Å². The third-order valence-electron chi connectivity index (χ3n) is 5.87. The van der Waals surface area contributed by atoms with Crippen molar-refractivity contribution in [2.75, 3.05) is 13.7 Å². The zero-order chi connectivity index (χ0) is 27.4. The number of rotatable bonds is 7.